The zero-order valence-electron chi connectivity index (χ0n) is 14.2. The van der Waals surface area contributed by atoms with Crippen molar-refractivity contribution in [3.63, 3.8) is 0 Å². The Labute approximate surface area is 155 Å². The minimum Gasteiger partial charge on any atom is -0.494 e. The van der Waals surface area contributed by atoms with Crippen LogP contribution in [0.5, 0.6) is 5.75 Å². The van der Waals surface area contributed by atoms with Crippen LogP contribution in [0.15, 0.2) is 48.8 Å². The molecule has 1 unspecified atom stereocenters. The van der Waals surface area contributed by atoms with Crippen LogP contribution in [0.25, 0.3) is 10.1 Å². The molecule has 0 fully saturated rings. The van der Waals surface area contributed by atoms with Crippen LogP contribution in [-0.4, -0.2) is 35.8 Å². The Morgan fingerprint density at radius 1 is 1.31 bits per heavy atom. The first kappa shape index (κ1) is 18.3. The first-order valence-corrected chi connectivity index (χ1v) is 9.21. The van der Waals surface area contributed by atoms with Gasteiger partial charge in [-0.3, -0.25) is 9.78 Å². The van der Waals surface area contributed by atoms with E-state index >= 15 is 0 Å². The van der Waals surface area contributed by atoms with Gasteiger partial charge in [-0.15, -0.1) is 11.3 Å². The summed E-state index contributed by atoms with van der Waals surface area (Å²) in [6, 6.07) is 11.2. The number of nitrogens with two attached hydrogens (primary N) is 1. The van der Waals surface area contributed by atoms with Crippen LogP contribution in [0.3, 0.4) is 0 Å². The van der Waals surface area contributed by atoms with Gasteiger partial charge in [0, 0.05) is 32.0 Å². The molecule has 1 amide bonds. The van der Waals surface area contributed by atoms with Gasteiger partial charge in [0.15, 0.2) is 0 Å². The zero-order chi connectivity index (χ0) is 18.4. The van der Waals surface area contributed by atoms with Gasteiger partial charge >= 0.3 is 0 Å². The maximum atomic E-state index is 12.7. The molecule has 7 heteroatoms. The molecule has 2 heterocycles. The summed E-state index contributed by atoms with van der Waals surface area (Å²) in [5.74, 6) is 0.126. The third-order valence-corrected chi connectivity index (χ3v) is 4.98. The molecule has 0 aliphatic rings. The Bertz CT molecular complexity index is 831. The molecule has 26 heavy (non-hydrogen) atoms. The molecule has 6 nitrogen and oxygen atoms in total. The van der Waals surface area contributed by atoms with E-state index in [2.05, 4.69) is 10.3 Å². The van der Waals surface area contributed by atoms with Gasteiger partial charge in [-0.1, -0.05) is 12.1 Å². The predicted molar refractivity (Wildman–Crippen MR) is 104 cm³/mol. The fourth-order valence-electron chi connectivity index (χ4n) is 2.60. The summed E-state index contributed by atoms with van der Waals surface area (Å²) in [4.78, 5) is 16.7. The number of nitrogens with zero attached hydrogens (tertiary/aromatic N) is 1. The van der Waals surface area contributed by atoms with Crippen molar-refractivity contribution in [1.82, 2.24) is 4.98 Å². The third-order valence-electron chi connectivity index (χ3n) is 3.98. The number of ether oxygens (including phenoxy) is 1. The number of amides is 1. The summed E-state index contributed by atoms with van der Waals surface area (Å²) < 4.78 is 6.53. The van der Waals surface area contributed by atoms with Crippen molar-refractivity contribution in [1.29, 1.82) is 0 Å². The largest absolute Gasteiger partial charge is 0.494 e. The number of rotatable bonds is 8. The number of fused-ring (bicyclic) bond motifs is 1. The number of aliphatic hydroxyl groups is 1. The molecule has 0 aliphatic carbocycles. The Morgan fingerprint density at radius 3 is 2.81 bits per heavy atom. The van der Waals surface area contributed by atoms with E-state index in [0.29, 0.717) is 18.8 Å². The number of carbonyl (C=O) groups is 1. The van der Waals surface area contributed by atoms with E-state index in [1.807, 2.05) is 36.4 Å². The van der Waals surface area contributed by atoms with Crippen LogP contribution in [-0.2, 0) is 4.79 Å². The average Bonchev–Trinajstić information content (AvgIpc) is 3.06. The summed E-state index contributed by atoms with van der Waals surface area (Å²) in [7, 11) is 0. The number of pyridine rings is 1. The summed E-state index contributed by atoms with van der Waals surface area (Å²) in [6.45, 7) is 0.766. The number of aliphatic hydroxyl groups excluding tert-OH is 1. The maximum Gasteiger partial charge on any atom is 0.233 e. The number of carbonyl (C=O) groups excluding carboxylic acids is 1. The van der Waals surface area contributed by atoms with Gasteiger partial charge in [-0.25, -0.2) is 0 Å². The lowest BCUT2D eigenvalue weighted by Gasteiger charge is -2.15. The molecule has 0 bridgehead atoms. The van der Waals surface area contributed by atoms with Crippen LogP contribution in [0, 0.1) is 0 Å². The van der Waals surface area contributed by atoms with Gasteiger partial charge in [0.05, 0.1) is 22.2 Å². The molecule has 0 saturated heterocycles. The number of aromatic nitrogens is 1. The molecular weight excluding hydrogens is 350 g/mol. The quantitative estimate of drug-likeness (QED) is 0.529. The molecule has 0 saturated carbocycles. The molecule has 0 radical (unpaired) electrons. The van der Waals surface area contributed by atoms with E-state index in [-0.39, 0.29) is 19.1 Å². The van der Waals surface area contributed by atoms with Crippen molar-refractivity contribution >= 4 is 32.3 Å². The Hall–Kier alpha value is -2.48. The monoisotopic (exact) mass is 371 g/mol. The molecule has 2 aromatic heterocycles. The lowest BCUT2D eigenvalue weighted by Crippen LogP contribution is -2.27. The molecule has 1 atom stereocenters. The molecule has 136 valence electrons. The second-order valence-corrected chi connectivity index (χ2v) is 6.88. The van der Waals surface area contributed by atoms with E-state index in [0.717, 1.165) is 20.7 Å². The van der Waals surface area contributed by atoms with Crippen molar-refractivity contribution in [2.24, 2.45) is 5.73 Å². The van der Waals surface area contributed by atoms with Crippen LogP contribution in [0.4, 0.5) is 5.00 Å². The Kier molecular flexibility index (Phi) is 6.17. The summed E-state index contributed by atoms with van der Waals surface area (Å²) in [5, 5.41) is 13.6. The highest BCUT2D eigenvalue weighted by atomic mass is 32.1. The Balaban J connectivity index is 1.68. The minimum atomic E-state index is -0.440. The van der Waals surface area contributed by atoms with E-state index < -0.39 is 5.92 Å². The normalized spacial score (nSPS) is 12.1. The van der Waals surface area contributed by atoms with Crippen LogP contribution in [0.2, 0.25) is 0 Å². The van der Waals surface area contributed by atoms with Crippen molar-refractivity contribution in [3.8, 4) is 5.75 Å². The van der Waals surface area contributed by atoms with Crippen LogP contribution < -0.4 is 15.8 Å². The number of hydrogen-bond donors (Lipinski definition) is 3. The van der Waals surface area contributed by atoms with Crippen molar-refractivity contribution in [2.45, 2.75) is 12.3 Å². The number of hydrogen-bond acceptors (Lipinski definition) is 6. The lowest BCUT2D eigenvalue weighted by molar-refractivity contribution is -0.117. The van der Waals surface area contributed by atoms with E-state index in [1.54, 1.807) is 12.4 Å². The number of thiophene rings is 1. The van der Waals surface area contributed by atoms with Crippen molar-refractivity contribution < 1.29 is 14.6 Å². The van der Waals surface area contributed by atoms with Crippen LogP contribution >= 0.6 is 11.3 Å². The second-order valence-electron chi connectivity index (χ2n) is 5.80. The molecule has 0 spiro atoms. The lowest BCUT2D eigenvalue weighted by atomic mass is 9.98. The summed E-state index contributed by atoms with van der Waals surface area (Å²) in [5.41, 5.74) is 6.68. The van der Waals surface area contributed by atoms with E-state index in [9.17, 15) is 4.79 Å². The molecular formula is C19H21N3O3S. The van der Waals surface area contributed by atoms with Gasteiger partial charge in [0.2, 0.25) is 5.91 Å². The topological polar surface area (TPSA) is 97.5 Å². The van der Waals surface area contributed by atoms with Crippen molar-refractivity contribution in [2.75, 3.05) is 25.1 Å². The minimum absolute atomic E-state index is 0.0985. The highest BCUT2D eigenvalue weighted by Crippen LogP contribution is 2.30. The smallest absolute Gasteiger partial charge is 0.233 e. The van der Waals surface area contributed by atoms with Gasteiger partial charge in [0.1, 0.15) is 5.75 Å². The number of benzene rings is 1. The highest BCUT2D eigenvalue weighted by Gasteiger charge is 2.20. The van der Waals surface area contributed by atoms with Crippen molar-refractivity contribution in [3.05, 3.63) is 54.4 Å². The number of nitrogens with one attached hydrogen (secondary N) is 1. The second kappa shape index (κ2) is 8.75. The first-order chi connectivity index (χ1) is 12.7. The fraction of sp³-hybridized carbons (Fsp3) is 0.263. The summed E-state index contributed by atoms with van der Waals surface area (Å²) >= 11 is 1.49. The molecule has 0 aliphatic heterocycles. The summed E-state index contributed by atoms with van der Waals surface area (Å²) in [6.07, 6.45) is 4.10. The zero-order valence-corrected chi connectivity index (χ0v) is 15.0. The van der Waals surface area contributed by atoms with Crippen LogP contribution in [0.1, 0.15) is 17.9 Å². The van der Waals surface area contributed by atoms with Gasteiger partial charge in [-0.05, 0) is 35.2 Å². The molecule has 4 N–H and O–H groups in total. The van der Waals surface area contributed by atoms with Gasteiger partial charge < -0.3 is 20.9 Å². The molecule has 3 aromatic rings. The third kappa shape index (κ3) is 4.37. The molecule has 3 rings (SSSR count). The average molecular weight is 371 g/mol. The standard InChI is InChI=1S/C19H21N3O3S/c20-11-16(13-2-4-15(5-3-13)25-9-1-8-23)19(24)22-18-10-14-6-7-21-12-17(14)26-18/h2-7,10,12,16,23H,1,8-9,11,20H2,(H,22,24). The van der Waals surface area contributed by atoms with E-state index in [1.165, 1.54) is 11.3 Å². The van der Waals surface area contributed by atoms with Gasteiger partial charge in [-0.2, -0.15) is 0 Å². The van der Waals surface area contributed by atoms with Gasteiger partial charge in [0.25, 0.3) is 0 Å². The Morgan fingerprint density at radius 2 is 2.12 bits per heavy atom. The highest BCUT2D eigenvalue weighted by molar-refractivity contribution is 7.22. The fourth-order valence-corrected chi connectivity index (χ4v) is 3.53. The SMILES string of the molecule is NCC(C(=O)Nc1cc2ccncc2s1)c1ccc(OCCCO)cc1. The van der Waals surface area contributed by atoms with E-state index in [4.69, 9.17) is 15.6 Å². The number of anilines is 1. The maximum absolute atomic E-state index is 12.7. The predicted octanol–water partition coefficient (Wildman–Crippen LogP) is 2.74. The molecule has 1 aromatic carbocycles. The first-order valence-electron chi connectivity index (χ1n) is 8.39.